The summed E-state index contributed by atoms with van der Waals surface area (Å²) in [7, 11) is 1.65. The molecule has 2 aromatic rings. The van der Waals surface area contributed by atoms with Gasteiger partial charge >= 0.3 is 0 Å². The van der Waals surface area contributed by atoms with Gasteiger partial charge in [-0.2, -0.15) is 0 Å². The number of hydrogen-bond donors (Lipinski definition) is 1. The molecule has 3 heteroatoms. The van der Waals surface area contributed by atoms with E-state index in [2.05, 4.69) is 6.92 Å². The summed E-state index contributed by atoms with van der Waals surface area (Å²) in [6, 6.07) is 13.1. The molecule has 0 spiro atoms. The first kappa shape index (κ1) is 11.9. The fraction of sp³-hybridized carbons (Fsp3) is 0.250. The average molecular weight is 256 g/mol. The highest BCUT2D eigenvalue weighted by atomic mass is 16.5. The van der Waals surface area contributed by atoms with Crippen molar-refractivity contribution in [3.05, 3.63) is 53.6 Å². The third-order valence-corrected chi connectivity index (χ3v) is 3.61. The Morgan fingerprint density at radius 3 is 2.58 bits per heavy atom. The quantitative estimate of drug-likeness (QED) is 0.896. The molecule has 19 heavy (non-hydrogen) atoms. The van der Waals surface area contributed by atoms with E-state index in [1.54, 1.807) is 19.2 Å². The van der Waals surface area contributed by atoms with E-state index in [-0.39, 0.29) is 11.4 Å². The van der Waals surface area contributed by atoms with E-state index in [1.165, 1.54) is 0 Å². The van der Waals surface area contributed by atoms with E-state index in [4.69, 9.17) is 9.47 Å². The van der Waals surface area contributed by atoms with Crippen molar-refractivity contribution in [2.45, 2.75) is 18.9 Å². The van der Waals surface area contributed by atoms with Crippen molar-refractivity contribution in [2.75, 3.05) is 7.11 Å². The number of rotatable bonds is 2. The van der Waals surface area contributed by atoms with Crippen molar-refractivity contribution in [3.63, 3.8) is 0 Å². The van der Waals surface area contributed by atoms with Crippen LogP contribution in [0.25, 0.3) is 0 Å². The van der Waals surface area contributed by atoms with Crippen LogP contribution in [0.3, 0.4) is 0 Å². The van der Waals surface area contributed by atoms with Crippen molar-refractivity contribution in [2.24, 2.45) is 0 Å². The molecule has 0 aliphatic carbocycles. The van der Waals surface area contributed by atoms with Gasteiger partial charge in [0.2, 0.25) is 0 Å². The summed E-state index contributed by atoms with van der Waals surface area (Å²) in [6.07, 6.45) is 0.753. The maximum Gasteiger partial charge on any atom is 0.135 e. The summed E-state index contributed by atoms with van der Waals surface area (Å²) < 4.78 is 11.2. The van der Waals surface area contributed by atoms with Crippen molar-refractivity contribution in [1.82, 2.24) is 0 Å². The van der Waals surface area contributed by atoms with Crippen LogP contribution in [-0.2, 0) is 12.0 Å². The maximum atomic E-state index is 9.53. The van der Waals surface area contributed by atoms with Gasteiger partial charge in [-0.05, 0) is 42.8 Å². The molecule has 98 valence electrons. The van der Waals surface area contributed by atoms with Crippen LogP contribution in [-0.4, -0.2) is 12.2 Å². The topological polar surface area (TPSA) is 38.7 Å². The molecule has 1 atom stereocenters. The van der Waals surface area contributed by atoms with Crippen molar-refractivity contribution in [3.8, 4) is 17.2 Å². The fourth-order valence-electron chi connectivity index (χ4n) is 2.55. The van der Waals surface area contributed by atoms with E-state index in [0.717, 1.165) is 29.0 Å². The minimum absolute atomic E-state index is 0.279. The van der Waals surface area contributed by atoms with E-state index >= 15 is 0 Å². The minimum Gasteiger partial charge on any atom is -0.508 e. The highest BCUT2D eigenvalue weighted by molar-refractivity contribution is 5.46. The Bertz CT molecular complexity index is 604. The molecule has 0 amide bonds. The summed E-state index contributed by atoms with van der Waals surface area (Å²) >= 11 is 0. The van der Waals surface area contributed by atoms with E-state index < -0.39 is 0 Å². The van der Waals surface area contributed by atoms with E-state index in [1.807, 2.05) is 30.3 Å². The smallest absolute Gasteiger partial charge is 0.135 e. The lowest BCUT2D eigenvalue weighted by Gasteiger charge is -2.24. The molecule has 1 unspecified atom stereocenters. The molecule has 1 heterocycles. The Morgan fingerprint density at radius 2 is 1.89 bits per heavy atom. The summed E-state index contributed by atoms with van der Waals surface area (Å²) in [6.45, 7) is 2.06. The minimum atomic E-state index is -0.387. The molecule has 1 N–H and O–H groups in total. The Hall–Kier alpha value is -2.16. The molecule has 3 nitrogen and oxygen atoms in total. The van der Waals surface area contributed by atoms with Crippen molar-refractivity contribution < 1.29 is 14.6 Å². The first-order valence-electron chi connectivity index (χ1n) is 6.26. The number of fused-ring (bicyclic) bond motifs is 1. The molecule has 1 aliphatic rings. The van der Waals surface area contributed by atoms with Gasteiger partial charge in [-0.1, -0.05) is 12.1 Å². The van der Waals surface area contributed by atoms with Gasteiger partial charge in [0.15, 0.2) is 0 Å². The van der Waals surface area contributed by atoms with Gasteiger partial charge in [0.1, 0.15) is 22.8 Å². The summed E-state index contributed by atoms with van der Waals surface area (Å²) in [5, 5.41) is 9.53. The monoisotopic (exact) mass is 256 g/mol. The first-order valence-corrected chi connectivity index (χ1v) is 6.26. The maximum absolute atomic E-state index is 9.53. The van der Waals surface area contributed by atoms with Gasteiger partial charge < -0.3 is 14.6 Å². The van der Waals surface area contributed by atoms with Gasteiger partial charge in [-0.3, -0.25) is 0 Å². The van der Waals surface area contributed by atoms with Crippen LogP contribution in [0.1, 0.15) is 18.1 Å². The molecule has 0 fully saturated rings. The molecule has 3 rings (SSSR count). The zero-order chi connectivity index (χ0) is 13.5. The Balaban J connectivity index is 1.93. The zero-order valence-electron chi connectivity index (χ0n) is 11.0. The van der Waals surface area contributed by atoms with Crippen molar-refractivity contribution >= 4 is 0 Å². The molecule has 0 radical (unpaired) electrons. The van der Waals surface area contributed by atoms with Crippen LogP contribution >= 0.6 is 0 Å². The molecular formula is C16H16O3. The molecule has 2 aromatic carbocycles. The molecule has 1 aliphatic heterocycles. The summed E-state index contributed by atoms with van der Waals surface area (Å²) in [4.78, 5) is 0. The third-order valence-electron chi connectivity index (χ3n) is 3.61. The highest BCUT2D eigenvalue weighted by Gasteiger charge is 2.36. The summed E-state index contributed by atoms with van der Waals surface area (Å²) in [5.74, 6) is 1.96. The lowest BCUT2D eigenvalue weighted by Crippen LogP contribution is -2.26. The van der Waals surface area contributed by atoms with Gasteiger partial charge in [-0.25, -0.2) is 0 Å². The number of phenolic OH excluding ortho intramolecular Hbond substituents is 1. The van der Waals surface area contributed by atoms with Gasteiger partial charge in [0.25, 0.3) is 0 Å². The van der Waals surface area contributed by atoms with Crippen LogP contribution in [0.2, 0.25) is 0 Å². The Labute approximate surface area is 112 Å². The Kier molecular flexibility index (Phi) is 2.63. The number of phenols is 1. The van der Waals surface area contributed by atoms with Crippen LogP contribution in [0.15, 0.2) is 42.5 Å². The SMILES string of the molecule is COc1ccc(C2(C)Cc3cc(O)ccc3O2)cc1. The number of benzene rings is 2. The van der Waals surface area contributed by atoms with Crippen LogP contribution < -0.4 is 9.47 Å². The van der Waals surface area contributed by atoms with Gasteiger partial charge in [0.05, 0.1) is 7.11 Å². The predicted molar refractivity (Wildman–Crippen MR) is 72.8 cm³/mol. The fourth-order valence-corrected chi connectivity index (χ4v) is 2.55. The zero-order valence-corrected chi connectivity index (χ0v) is 11.0. The first-order chi connectivity index (χ1) is 9.10. The Morgan fingerprint density at radius 1 is 1.16 bits per heavy atom. The van der Waals surface area contributed by atoms with Crippen LogP contribution in [0.4, 0.5) is 0 Å². The number of ether oxygens (including phenoxy) is 2. The number of methoxy groups -OCH3 is 1. The second-order valence-electron chi connectivity index (χ2n) is 5.03. The second-order valence-corrected chi connectivity index (χ2v) is 5.03. The van der Waals surface area contributed by atoms with Crippen LogP contribution in [0, 0.1) is 0 Å². The van der Waals surface area contributed by atoms with Crippen molar-refractivity contribution in [1.29, 1.82) is 0 Å². The van der Waals surface area contributed by atoms with E-state index in [0.29, 0.717) is 0 Å². The molecule has 0 aromatic heterocycles. The largest absolute Gasteiger partial charge is 0.508 e. The normalized spacial score (nSPS) is 20.7. The molecule has 0 saturated heterocycles. The lowest BCUT2D eigenvalue weighted by atomic mass is 9.91. The highest BCUT2D eigenvalue weighted by Crippen LogP contribution is 2.42. The second kappa shape index (κ2) is 4.19. The number of aromatic hydroxyl groups is 1. The lowest BCUT2D eigenvalue weighted by molar-refractivity contribution is 0.115. The molecule has 0 bridgehead atoms. The average Bonchev–Trinajstić information content (AvgIpc) is 2.75. The standard InChI is InChI=1S/C16H16O3/c1-16(12-3-6-14(18-2)7-4-12)10-11-9-13(17)5-8-15(11)19-16/h3-9,17H,10H2,1-2H3. The third kappa shape index (κ3) is 2.01. The molecular weight excluding hydrogens is 240 g/mol. The summed E-state index contributed by atoms with van der Waals surface area (Å²) in [5.41, 5.74) is 1.75. The van der Waals surface area contributed by atoms with Gasteiger partial charge in [0, 0.05) is 12.0 Å². The predicted octanol–water partition coefficient (Wildman–Crippen LogP) is 3.25. The van der Waals surface area contributed by atoms with Crippen LogP contribution in [0.5, 0.6) is 17.2 Å². The number of hydrogen-bond acceptors (Lipinski definition) is 3. The molecule has 0 saturated carbocycles. The van der Waals surface area contributed by atoms with E-state index in [9.17, 15) is 5.11 Å². The van der Waals surface area contributed by atoms with Gasteiger partial charge in [-0.15, -0.1) is 0 Å².